The molecule has 0 unspecified atom stereocenters. The standard InChI is InChI=1S/C19H24O/c1-13(20)19(12-14-5-3-2-4-6-14)17-8-15-7-16(10-17)11-18(19)9-15/h2-6,15-18H,7-12H2,1H3. The average molecular weight is 268 g/mol. The van der Waals surface area contributed by atoms with Crippen molar-refractivity contribution in [3.05, 3.63) is 35.9 Å². The van der Waals surface area contributed by atoms with Crippen LogP contribution in [-0.4, -0.2) is 5.78 Å². The third-order valence-electron chi connectivity index (χ3n) is 6.59. The fourth-order valence-corrected chi connectivity index (χ4v) is 5.95. The minimum absolute atomic E-state index is 0.0330. The highest BCUT2D eigenvalue weighted by atomic mass is 16.1. The predicted molar refractivity (Wildman–Crippen MR) is 80.3 cm³/mol. The second-order valence-electron chi connectivity index (χ2n) is 7.56. The number of hydrogen-bond donors (Lipinski definition) is 0. The van der Waals surface area contributed by atoms with E-state index in [-0.39, 0.29) is 5.41 Å². The lowest BCUT2D eigenvalue weighted by Crippen LogP contribution is -2.57. The highest BCUT2D eigenvalue weighted by Crippen LogP contribution is 2.63. The fraction of sp³-hybridized carbons (Fsp3) is 0.632. The summed E-state index contributed by atoms with van der Waals surface area (Å²) >= 11 is 0. The Bertz CT molecular complexity index is 488. The lowest BCUT2D eigenvalue weighted by atomic mass is 9.43. The molecular formula is C19H24O. The van der Waals surface area contributed by atoms with Gasteiger partial charge in [-0.05, 0) is 74.7 Å². The van der Waals surface area contributed by atoms with Gasteiger partial charge in [-0.3, -0.25) is 4.79 Å². The molecule has 4 bridgehead atoms. The van der Waals surface area contributed by atoms with Crippen LogP contribution in [0.1, 0.15) is 44.6 Å². The Morgan fingerprint density at radius 3 is 2.05 bits per heavy atom. The SMILES string of the molecule is CC(=O)C1(Cc2ccccc2)C2CC3CC(C2)CC1C3. The summed E-state index contributed by atoms with van der Waals surface area (Å²) in [4.78, 5) is 12.7. The van der Waals surface area contributed by atoms with Gasteiger partial charge in [0.25, 0.3) is 0 Å². The molecule has 1 heteroatoms. The Labute approximate surface area is 121 Å². The summed E-state index contributed by atoms with van der Waals surface area (Å²) in [5.74, 6) is 3.66. The lowest BCUT2D eigenvalue weighted by Gasteiger charge is -2.60. The third-order valence-corrected chi connectivity index (χ3v) is 6.59. The molecule has 0 aliphatic heterocycles. The quantitative estimate of drug-likeness (QED) is 0.800. The number of benzene rings is 1. The molecular weight excluding hydrogens is 244 g/mol. The summed E-state index contributed by atoms with van der Waals surface area (Å²) in [6.07, 6.45) is 7.71. The van der Waals surface area contributed by atoms with Crippen molar-refractivity contribution in [1.82, 2.24) is 0 Å². The molecule has 0 saturated heterocycles. The van der Waals surface area contributed by atoms with Gasteiger partial charge in [-0.25, -0.2) is 0 Å². The zero-order valence-corrected chi connectivity index (χ0v) is 12.3. The van der Waals surface area contributed by atoms with Crippen molar-refractivity contribution in [2.24, 2.45) is 29.1 Å². The van der Waals surface area contributed by atoms with Crippen LogP contribution in [0.3, 0.4) is 0 Å². The molecule has 106 valence electrons. The van der Waals surface area contributed by atoms with Gasteiger partial charge in [0.2, 0.25) is 0 Å². The summed E-state index contributed by atoms with van der Waals surface area (Å²) < 4.78 is 0. The molecule has 0 N–H and O–H groups in total. The van der Waals surface area contributed by atoms with Crippen LogP contribution < -0.4 is 0 Å². The Hall–Kier alpha value is -1.11. The minimum Gasteiger partial charge on any atom is -0.299 e. The lowest BCUT2D eigenvalue weighted by molar-refractivity contribution is -0.155. The number of Topliss-reactive ketones (excluding diaryl/α,β-unsaturated/α-hetero) is 1. The van der Waals surface area contributed by atoms with Gasteiger partial charge in [0, 0.05) is 5.41 Å². The molecule has 4 fully saturated rings. The van der Waals surface area contributed by atoms with Crippen LogP contribution in [0.15, 0.2) is 30.3 Å². The van der Waals surface area contributed by atoms with E-state index in [0.717, 1.165) is 18.3 Å². The van der Waals surface area contributed by atoms with Crippen molar-refractivity contribution in [3.63, 3.8) is 0 Å². The molecule has 0 amide bonds. The van der Waals surface area contributed by atoms with Gasteiger partial charge in [0.1, 0.15) is 5.78 Å². The number of ketones is 1. The molecule has 0 aromatic heterocycles. The van der Waals surface area contributed by atoms with Gasteiger partial charge >= 0.3 is 0 Å². The van der Waals surface area contributed by atoms with Gasteiger partial charge in [0.05, 0.1) is 0 Å². The van der Waals surface area contributed by atoms with Crippen LogP contribution in [0.5, 0.6) is 0 Å². The number of rotatable bonds is 3. The smallest absolute Gasteiger partial charge is 0.136 e. The summed E-state index contributed by atoms with van der Waals surface area (Å²) in [5.41, 5.74) is 1.32. The molecule has 1 aromatic rings. The summed E-state index contributed by atoms with van der Waals surface area (Å²) in [5, 5.41) is 0. The zero-order chi connectivity index (χ0) is 13.7. The number of hydrogen-bond acceptors (Lipinski definition) is 1. The molecule has 1 aromatic carbocycles. The molecule has 1 nitrogen and oxygen atoms in total. The third kappa shape index (κ3) is 1.71. The molecule has 4 saturated carbocycles. The van der Waals surface area contributed by atoms with Gasteiger partial charge in [-0.2, -0.15) is 0 Å². The van der Waals surface area contributed by atoms with Crippen molar-refractivity contribution in [3.8, 4) is 0 Å². The van der Waals surface area contributed by atoms with Crippen LogP contribution in [0.25, 0.3) is 0 Å². The van der Waals surface area contributed by atoms with Crippen molar-refractivity contribution < 1.29 is 4.79 Å². The van der Waals surface area contributed by atoms with E-state index in [4.69, 9.17) is 0 Å². The monoisotopic (exact) mass is 268 g/mol. The van der Waals surface area contributed by atoms with E-state index >= 15 is 0 Å². The summed E-state index contributed by atoms with van der Waals surface area (Å²) in [6, 6.07) is 10.7. The first kappa shape index (κ1) is 12.6. The molecule has 20 heavy (non-hydrogen) atoms. The summed E-state index contributed by atoms with van der Waals surface area (Å²) in [7, 11) is 0. The molecule has 0 radical (unpaired) electrons. The number of carbonyl (C=O) groups excluding carboxylic acids is 1. The topological polar surface area (TPSA) is 17.1 Å². The highest BCUT2D eigenvalue weighted by Gasteiger charge is 2.59. The highest BCUT2D eigenvalue weighted by molar-refractivity contribution is 5.84. The molecule has 0 heterocycles. The first-order valence-corrected chi connectivity index (χ1v) is 8.23. The molecule has 5 rings (SSSR count). The Balaban J connectivity index is 1.72. The Kier molecular flexibility index (Phi) is 2.80. The average Bonchev–Trinajstić information content (AvgIpc) is 2.43. The maximum atomic E-state index is 12.7. The molecule has 0 spiro atoms. The van der Waals surface area contributed by atoms with E-state index in [1.807, 2.05) is 6.92 Å². The minimum atomic E-state index is -0.0330. The fourth-order valence-electron chi connectivity index (χ4n) is 5.95. The van der Waals surface area contributed by atoms with Gasteiger partial charge < -0.3 is 0 Å². The van der Waals surface area contributed by atoms with Crippen LogP contribution in [0, 0.1) is 29.1 Å². The molecule has 4 aliphatic rings. The van der Waals surface area contributed by atoms with Crippen molar-refractivity contribution in [2.45, 2.75) is 45.4 Å². The van der Waals surface area contributed by atoms with Gasteiger partial charge in [-0.1, -0.05) is 30.3 Å². The first-order chi connectivity index (χ1) is 9.68. The van der Waals surface area contributed by atoms with E-state index in [1.54, 1.807) is 0 Å². The van der Waals surface area contributed by atoms with Gasteiger partial charge in [-0.15, -0.1) is 0 Å². The second kappa shape index (κ2) is 4.44. The van der Waals surface area contributed by atoms with Crippen molar-refractivity contribution in [2.75, 3.05) is 0 Å². The normalized spacial score (nSPS) is 41.9. The van der Waals surface area contributed by atoms with E-state index in [2.05, 4.69) is 30.3 Å². The first-order valence-electron chi connectivity index (χ1n) is 8.23. The zero-order valence-electron chi connectivity index (χ0n) is 12.3. The van der Waals surface area contributed by atoms with E-state index in [0.29, 0.717) is 17.6 Å². The predicted octanol–water partition coefficient (Wildman–Crippen LogP) is 4.26. The summed E-state index contributed by atoms with van der Waals surface area (Å²) in [6.45, 7) is 1.87. The van der Waals surface area contributed by atoms with Crippen LogP contribution in [0.4, 0.5) is 0 Å². The number of carbonyl (C=O) groups is 1. The van der Waals surface area contributed by atoms with Crippen LogP contribution >= 0.6 is 0 Å². The van der Waals surface area contributed by atoms with Gasteiger partial charge in [0.15, 0.2) is 0 Å². The van der Waals surface area contributed by atoms with Crippen LogP contribution in [0.2, 0.25) is 0 Å². The van der Waals surface area contributed by atoms with E-state index < -0.39 is 0 Å². The maximum absolute atomic E-state index is 12.7. The Morgan fingerprint density at radius 1 is 1.00 bits per heavy atom. The molecule has 4 aliphatic carbocycles. The largest absolute Gasteiger partial charge is 0.299 e. The van der Waals surface area contributed by atoms with Crippen LogP contribution in [-0.2, 0) is 11.2 Å². The Morgan fingerprint density at radius 2 is 1.55 bits per heavy atom. The van der Waals surface area contributed by atoms with E-state index in [1.165, 1.54) is 37.7 Å². The van der Waals surface area contributed by atoms with E-state index in [9.17, 15) is 4.79 Å². The maximum Gasteiger partial charge on any atom is 0.136 e. The second-order valence-corrected chi connectivity index (χ2v) is 7.56. The van der Waals surface area contributed by atoms with Crippen molar-refractivity contribution in [1.29, 1.82) is 0 Å². The molecule has 0 atom stereocenters. The van der Waals surface area contributed by atoms with Crippen molar-refractivity contribution >= 4 is 5.78 Å².